The van der Waals surface area contributed by atoms with Crippen LogP contribution in [0.1, 0.15) is 15.9 Å². The highest BCUT2D eigenvalue weighted by Gasteiger charge is 2.12. The zero-order chi connectivity index (χ0) is 17.0. The number of nitrogens with two attached hydrogens (primary N) is 1. The van der Waals surface area contributed by atoms with E-state index in [1.807, 2.05) is 0 Å². The molecule has 2 heterocycles. The van der Waals surface area contributed by atoms with Crippen LogP contribution >= 0.6 is 0 Å². The van der Waals surface area contributed by atoms with E-state index in [0.29, 0.717) is 12.0 Å². The molecule has 0 spiro atoms. The Morgan fingerprint density at radius 1 is 1.39 bits per heavy atom. The van der Waals surface area contributed by atoms with E-state index < -0.39 is 5.83 Å². The number of allylic oxidation sites excluding steroid dienone is 3. The number of rotatable bonds is 6. The van der Waals surface area contributed by atoms with Crippen molar-refractivity contribution in [2.75, 3.05) is 5.73 Å². The fourth-order valence-corrected chi connectivity index (χ4v) is 1.86. The summed E-state index contributed by atoms with van der Waals surface area (Å²) in [6.45, 7) is 8.59. The predicted molar refractivity (Wildman–Crippen MR) is 85.1 cm³/mol. The summed E-state index contributed by atoms with van der Waals surface area (Å²) >= 11 is 0. The Labute approximate surface area is 132 Å². The van der Waals surface area contributed by atoms with Crippen LogP contribution in [0.3, 0.4) is 0 Å². The molecule has 0 unspecified atom stereocenters. The average molecular weight is 314 g/mol. The number of pyridine rings is 1. The lowest BCUT2D eigenvalue weighted by molar-refractivity contribution is 0.112. The van der Waals surface area contributed by atoms with Gasteiger partial charge >= 0.3 is 0 Å². The lowest BCUT2D eigenvalue weighted by atomic mass is 10.2. The first-order valence-electron chi connectivity index (χ1n) is 6.60. The SMILES string of the molecule is C=C/C(F)=C(\C=C)Oc1cc(C)c(-n2ncc(C=O)c2N)cn1. The van der Waals surface area contributed by atoms with Crippen LogP contribution in [0.4, 0.5) is 10.2 Å². The molecular weight excluding hydrogens is 299 g/mol. The van der Waals surface area contributed by atoms with Gasteiger partial charge in [-0.15, -0.1) is 0 Å². The average Bonchev–Trinajstić information content (AvgIpc) is 2.92. The maximum Gasteiger partial charge on any atom is 0.219 e. The minimum atomic E-state index is -0.643. The van der Waals surface area contributed by atoms with Crippen molar-refractivity contribution >= 4 is 12.1 Å². The highest BCUT2D eigenvalue weighted by Crippen LogP contribution is 2.23. The number of aromatic nitrogens is 3. The summed E-state index contributed by atoms with van der Waals surface area (Å²) in [4.78, 5) is 14.9. The molecule has 0 amide bonds. The smallest absolute Gasteiger partial charge is 0.219 e. The molecule has 0 aromatic carbocycles. The summed E-state index contributed by atoms with van der Waals surface area (Å²) in [5.41, 5.74) is 7.43. The molecule has 2 aromatic rings. The Bertz CT molecular complexity index is 808. The summed E-state index contributed by atoms with van der Waals surface area (Å²) < 4.78 is 20.2. The molecular formula is C16H15FN4O2. The fourth-order valence-electron chi connectivity index (χ4n) is 1.86. The number of nitrogens with zero attached hydrogens (tertiary/aromatic N) is 3. The zero-order valence-corrected chi connectivity index (χ0v) is 12.5. The van der Waals surface area contributed by atoms with Crippen LogP contribution in [-0.4, -0.2) is 21.1 Å². The summed E-state index contributed by atoms with van der Waals surface area (Å²) in [6, 6.07) is 1.59. The second kappa shape index (κ2) is 6.69. The first-order valence-corrected chi connectivity index (χ1v) is 6.60. The molecule has 7 heteroatoms. The maximum atomic E-state index is 13.5. The standard InChI is InChI=1S/C16H15FN4O2/c1-4-12(17)14(5-2)23-15-6-10(3)13(8-19-15)21-16(18)11(9-22)7-20-21/h4-9H,1-2,18H2,3H3/b14-12-. The fraction of sp³-hybridized carbons (Fsp3) is 0.0625. The van der Waals surface area contributed by atoms with Crippen molar-refractivity contribution in [2.45, 2.75) is 6.92 Å². The number of carbonyl (C=O) groups is 1. The minimum Gasteiger partial charge on any atom is -0.436 e. The van der Waals surface area contributed by atoms with E-state index >= 15 is 0 Å². The number of aldehydes is 1. The first-order chi connectivity index (χ1) is 11.0. The number of ether oxygens (including phenoxy) is 1. The summed E-state index contributed by atoms with van der Waals surface area (Å²) in [7, 11) is 0. The largest absolute Gasteiger partial charge is 0.436 e. The second-order valence-electron chi connectivity index (χ2n) is 4.55. The van der Waals surface area contributed by atoms with Gasteiger partial charge < -0.3 is 10.5 Å². The quantitative estimate of drug-likeness (QED) is 0.503. The molecule has 0 aliphatic heterocycles. The van der Waals surface area contributed by atoms with E-state index in [2.05, 4.69) is 23.2 Å². The third-order valence-corrected chi connectivity index (χ3v) is 3.06. The van der Waals surface area contributed by atoms with Crippen molar-refractivity contribution in [3.63, 3.8) is 0 Å². The van der Waals surface area contributed by atoms with E-state index in [9.17, 15) is 9.18 Å². The van der Waals surface area contributed by atoms with Gasteiger partial charge in [-0.1, -0.05) is 13.2 Å². The van der Waals surface area contributed by atoms with Gasteiger partial charge in [-0.2, -0.15) is 5.10 Å². The summed E-state index contributed by atoms with van der Waals surface area (Å²) in [5, 5.41) is 4.05. The van der Waals surface area contributed by atoms with Gasteiger partial charge in [0.15, 0.2) is 17.9 Å². The van der Waals surface area contributed by atoms with Crippen molar-refractivity contribution in [1.29, 1.82) is 0 Å². The molecule has 6 nitrogen and oxygen atoms in total. The van der Waals surface area contributed by atoms with E-state index in [0.717, 1.165) is 11.6 Å². The van der Waals surface area contributed by atoms with Crippen LogP contribution in [0, 0.1) is 6.92 Å². The van der Waals surface area contributed by atoms with Gasteiger partial charge in [0.25, 0.3) is 0 Å². The van der Waals surface area contributed by atoms with E-state index in [-0.39, 0.29) is 23.0 Å². The number of halogens is 1. The van der Waals surface area contributed by atoms with E-state index in [1.165, 1.54) is 23.2 Å². The van der Waals surface area contributed by atoms with Crippen molar-refractivity contribution in [1.82, 2.24) is 14.8 Å². The second-order valence-corrected chi connectivity index (χ2v) is 4.55. The maximum absolute atomic E-state index is 13.5. The van der Waals surface area contributed by atoms with Gasteiger partial charge in [-0.05, 0) is 24.6 Å². The molecule has 0 radical (unpaired) electrons. The predicted octanol–water partition coefficient (Wildman–Crippen LogP) is 2.90. The monoisotopic (exact) mass is 314 g/mol. The van der Waals surface area contributed by atoms with Gasteiger partial charge in [0.2, 0.25) is 5.88 Å². The third kappa shape index (κ3) is 3.18. The van der Waals surface area contributed by atoms with Gasteiger partial charge in [0.1, 0.15) is 5.82 Å². The number of anilines is 1. The number of hydrogen-bond acceptors (Lipinski definition) is 5. The molecule has 0 atom stereocenters. The Kier molecular flexibility index (Phi) is 4.70. The first kappa shape index (κ1) is 16.2. The van der Waals surface area contributed by atoms with Crippen LogP contribution < -0.4 is 10.5 Å². The summed E-state index contributed by atoms with van der Waals surface area (Å²) in [5.74, 6) is -0.334. The molecule has 23 heavy (non-hydrogen) atoms. The lowest BCUT2D eigenvalue weighted by Crippen LogP contribution is -2.06. The van der Waals surface area contributed by atoms with Crippen molar-refractivity contribution < 1.29 is 13.9 Å². The van der Waals surface area contributed by atoms with Crippen molar-refractivity contribution in [3.8, 4) is 11.6 Å². The van der Waals surface area contributed by atoms with Gasteiger partial charge in [-0.3, -0.25) is 4.79 Å². The van der Waals surface area contributed by atoms with Crippen LogP contribution in [-0.2, 0) is 0 Å². The Morgan fingerprint density at radius 3 is 2.65 bits per heavy atom. The zero-order valence-electron chi connectivity index (χ0n) is 12.5. The number of hydrogen-bond donors (Lipinski definition) is 1. The molecule has 2 rings (SSSR count). The molecule has 0 aliphatic rings. The summed E-state index contributed by atoms with van der Waals surface area (Å²) in [6.07, 6.45) is 5.70. The van der Waals surface area contributed by atoms with E-state index in [1.54, 1.807) is 13.0 Å². The number of carbonyl (C=O) groups excluding carboxylic acids is 1. The van der Waals surface area contributed by atoms with Crippen LogP contribution in [0.5, 0.6) is 5.88 Å². The minimum absolute atomic E-state index is 0.0819. The van der Waals surface area contributed by atoms with Crippen LogP contribution in [0.15, 0.2) is 55.4 Å². The highest BCUT2D eigenvalue weighted by molar-refractivity contribution is 5.82. The molecule has 0 fully saturated rings. The van der Waals surface area contributed by atoms with E-state index in [4.69, 9.17) is 10.5 Å². The van der Waals surface area contributed by atoms with Crippen molar-refractivity contribution in [3.05, 3.63) is 66.5 Å². The van der Waals surface area contributed by atoms with Crippen LogP contribution in [0.2, 0.25) is 0 Å². The van der Waals surface area contributed by atoms with Gasteiger partial charge in [0.05, 0.1) is 23.6 Å². The van der Waals surface area contributed by atoms with Gasteiger partial charge in [-0.25, -0.2) is 14.1 Å². The van der Waals surface area contributed by atoms with Crippen molar-refractivity contribution in [2.24, 2.45) is 0 Å². The molecule has 2 aromatic heterocycles. The topological polar surface area (TPSA) is 83.0 Å². The normalized spacial score (nSPS) is 11.6. The number of nitrogen functional groups attached to an aromatic ring is 1. The highest BCUT2D eigenvalue weighted by atomic mass is 19.1. The molecule has 0 saturated heterocycles. The Balaban J connectivity index is 2.38. The Hall–Kier alpha value is -3.22. The third-order valence-electron chi connectivity index (χ3n) is 3.06. The number of aryl methyl sites for hydroxylation is 1. The molecule has 118 valence electrons. The van der Waals surface area contributed by atoms with Crippen LogP contribution in [0.25, 0.3) is 5.69 Å². The Morgan fingerprint density at radius 2 is 2.13 bits per heavy atom. The molecule has 0 bridgehead atoms. The molecule has 2 N–H and O–H groups in total. The lowest BCUT2D eigenvalue weighted by Gasteiger charge is -2.10. The molecule has 0 saturated carbocycles. The molecule has 0 aliphatic carbocycles. The van der Waals surface area contributed by atoms with Gasteiger partial charge in [0, 0.05) is 6.07 Å².